The quantitative estimate of drug-likeness (QED) is 0.568. The summed E-state index contributed by atoms with van der Waals surface area (Å²) in [6, 6.07) is 6.11. The van der Waals surface area contributed by atoms with Crippen molar-refractivity contribution in [3.63, 3.8) is 0 Å². The van der Waals surface area contributed by atoms with Crippen LogP contribution < -0.4 is 5.73 Å². The number of nitrogens with zero attached hydrogens (tertiary/aromatic N) is 1. The number of ether oxygens (including phenoxy) is 1. The number of primary amides is 1. The zero-order valence-electron chi connectivity index (χ0n) is 14.6. The fraction of sp³-hybridized carbons (Fsp3) is 0.444. The number of hydrogen-bond donors (Lipinski definition) is 1. The second kappa shape index (κ2) is 9.38. The molecule has 1 saturated heterocycles. The van der Waals surface area contributed by atoms with Crippen molar-refractivity contribution < 1.29 is 23.9 Å². The molecular formula is C18H22N2O5S. The van der Waals surface area contributed by atoms with Crippen molar-refractivity contribution in [1.82, 2.24) is 4.90 Å². The molecule has 26 heavy (non-hydrogen) atoms. The van der Waals surface area contributed by atoms with Crippen molar-refractivity contribution in [1.29, 1.82) is 0 Å². The number of likely N-dealkylation sites (tertiary alicyclic amines) is 1. The number of amides is 2. The van der Waals surface area contributed by atoms with E-state index in [1.54, 1.807) is 24.3 Å². The number of nitrogens with two attached hydrogens (primary N) is 1. The van der Waals surface area contributed by atoms with E-state index >= 15 is 0 Å². The van der Waals surface area contributed by atoms with E-state index in [1.165, 1.54) is 23.6 Å². The van der Waals surface area contributed by atoms with E-state index in [4.69, 9.17) is 10.5 Å². The van der Waals surface area contributed by atoms with Gasteiger partial charge in [-0.2, -0.15) is 0 Å². The number of ketones is 1. The van der Waals surface area contributed by atoms with Gasteiger partial charge in [0.2, 0.25) is 5.91 Å². The van der Waals surface area contributed by atoms with Crippen LogP contribution in [0.2, 0.25) is 0 Å². The molecule has 0 aromatic heterocycles. The van der Waals surface area contributed by atoms with E-state index < -0.39 is 30.4 Å². The molecule has 140 valence electrons. The summed E-state index contributed by atoms with van der Waals surface area (Å²) >= 11 is 1.24. The third kappa shape index (κ3) is 5.32. The Morgan fingerprint density at radius 3 is 2.65 bits per heavy atom. The largest absolute Gasteiger partial charge is 0.452 e. The molecule has 0 unspecified atom stereocenters. The van der Waals surface area contributed by atoms with Crippen molar-refractivity contribution in [2.45, 2.75) is 37.1 Å². The SMILES string of the molecule is CC(=O)CSc1ccccc1C(=O)OCC(=O)N1CCCC[C@@H]1C(N)=O. The summed E-state index contributed by atoms with van der Waals surface area (Å²) in [5.74, 6) is -1.38. The number of rotatable bonds is 7. The molecule has 2 N–H and O–H groups in total. The highest BCUT2D eigenvalue weighted by Crippen LogP contribution is 2.23. The fourth-order valence-corrected chi connectivity index (χ4v) is 3.59. The topological polar surface area (TPSA) is 107 Å². The average molecular weight is 378 g/mol. The second-order valence-electron chi connectivity index (χ2n) is 6.06. The molecule has 0 saturated carbocycles. The molecular weight excluding hydrogens is 356 g/mol. The second-order valence-corrected chi connectivity index (χ2v) is 7.08. The standard InChI is InChI=1S/C18H22N2O5S/c1-12(21)11-26-15-8-3-2-6-13(15)18(24)25-10-16(22)20-9-5-4-7-14(20)17(19)23/h2-3,6,8,14H,4-5,7,9-11H2,1H3,(H2,19,23)/t14-/m1/s1. The number of piperidine rings is 1. The summed E-state index contributed by atoms with van der Waals surface area (Å²) in [4.78, 5) is 49.3. The number of hydrogen-bond acceptors (Lipinski definition) is 6. The van der Waals surface area contributed by atoms with Crippen molar-refractivity contribution in [3.8, 4) is 0 Å². The highest BCUT2D eigenvalue weighted by molar-refractivity contribution is 8.00. The number of benzene rings is 1. The molecule has 0 aliphatic carbocycles. The van der Waals surface area contributed by atoms with Crippen LogP contribution in [0.3, 0.4) is 0 Å². The van der Waals surface area contributed by atoms with E-state index in [2.05, 4.69) is 0 Å². The molecule has 1 aliphatic rings. The predicted molar refractivity (Wildman–Crippen MR) is 96.7 cm³/mol. The van der Waals surface area contributed by atoms with Crippen LogP contribution in [0, 0.1) is 0 Å². The molecule has 0 bridgehead atoms. The van der Waals surface area contributed by atoms with Gasteiger partial charge in [0.25, 0.3) is 5.91 Å². The Kier molecular flexibility index (Phi) is 7.20. The van der Waals surface area contributed by atoms with Gasteiger partial charge in [0.05, 0.1) is 11.3 Å². The Morgan fingerprint density at radius 1 is 1.23 bits per heavy atom. The van der Waals surface area contributed by atoms with Gasteiger partial charge < -0.3 is 15.4 Å². The molecule has 1 fully saturated rings. The van der Waals surface area contributed by atoms with Gasteiger partial charge >= 0.3 is 5.97 Å². The number of carbonyl (C=O) groups excluding carboxylic acids is 4. The Balaban J connectivity index is 1.99. The van der Waals surface area contributed by atoms with Crippen LogP contribution in [-0.2, 0) is 19.1 Å². The molecule has 1 aromatic rings. The van der Waals surface area contributed by atoms with E-state index in [0.717, 1.165) is 12.8 Å². The third-order valence-electron chi connectivity index (χ3n) is 4.02. The van der Waals surface area contributed by atoms with E-state index in [9.17, 15) is 19.2 Å². The van der Waals surface area contributed by atoms with Crippen molar-refractivity contribution in [3.05, 3.63) is 29.8 Å². The summed E-state index contributed by atoms with van der Waals surface area (Å²) in [6.45, 7) is 1.45. The lowest BCUT2D eigenvalue weighted by Crippen LogP contribution is -2.51. The van der Waals surface area contributed by atoms with Gasteiger partial charge in [-0.05, 0) is 38.3 Å². The number of Topliss-reactive ketones (excluding diaryl/α,β-unsaturated/α-hetero) is 1. The number of esters is 1. The number of thioether (sulfide) groups is 1. The molecule has 0 spiro atoms. The Morgan fingerprint density at radius 2 is 1.96 bits per heavy atom. The first-order chi connectivity index (χ1) is 12.4. The average Bonchev–Trinajstić information content (AvgIpc) is 2.64. The molecule has 8 heteroatoms. The third-order valence-corrected chi connectivity index (χ3v) is 5.23. The summed E-state index contributed by atoms with van der Waals surface area (Å²) in [7, 11) is 0. The first kappa shape index (κ1) is 20.0. The van der Waals surface area contributed by atoms with Gasteiger partial charge in [-0.15, -0.1) is 11.8 Å². The summed E-state index contributed by atoms with van der Waals surface area (Å²) in [5.41, 5.74) is 5.65. The molecule has 1 aliphatic heterocycles. The van der Waals surface area contributed by atoms with Gasteiger partial charge in [-0.25, -0.2) is 4.79 Å². The predicted octanol–water partition coefficient (Wildman–Crippen LogP) is 1.39. The summed E-state index contributed by atoms with van der Waals surface area (Å²) in [6.07, 6.45) is 2.14. The minimum atomic E-state index is -0.645. The minimum Gasteiger partial charge on any atom is -0.452 e. The zero-order valence-corrected chi connectivity index (χ0v) is 15.4. The first-order valence-corrected chi connectivity index (χ1v) is 9.36. The minimum absolute atomic E-state index is 0.00376. The molecule has 1 heterocycles. The maximum absolute atomic E-state index is 12.3. The van der Waals surface area contributed by atoms with E-state index in [-0.39, 0.29) is 11.5 Å². The maximum atomic E-state index is 12.3. The lowest BCUT2D eigenvalue weighted by Gasteiger charge is -2.33. The van der Waals surface area contributed by atoms with E-state index in [1.807, 2.05) is 0 Å². The molecule has 1 aromatic carbocycles. The summed E-state index contributed by atoms with van der Waals surface area (Å²) < 4.78 is 5.14. The van der Waals surface area contributed by atoms with Crippen LogP contribution in [0.25, 0.3) is 0 Å². The molecule has 2 rings (SSSR count). The highest BCUT2D eigenvalue weighted by atomic mass is 32.2. The van der Waals surface area contributed by atoms with Crippen molar-refractivity contribution in [2.75, 3.05) is 18.9 Å². The normalized spacial score (nSPS) is 16.8. The fourth-order valence-electron chi connectivity index (χ4n) is 2.75. The van der Waals surface area contributed by atoms with Crippen LogP contribution in [0.15, 0.2) is 29.2 Å². The van der Waals surface area contributed by atoms with Crippen LogP contribution in [0.4, 0.5) is 0 Å². The van der Waals surface area contributed by atoms with Gasteiger partial charge in [-0.3, -0.25) is 14.4 Å². The van der Waals surface area contributed by atoms with Gasteiger partial charge in [0.1, 0.15) is 11.8 Å². The first-order valence-electron chi connectivity index (χ1n) is 8.37. The number of carbonyl (C=O) groups is 4. The smallest absolute Gasteiger partial charge is 0.339 e. The van der Waals surface area contributed by atoms with Crippen LogP contribution in [0.1, 0.15) is 36.5 Å². The van der Waals surface area contributed by atoms with Crippen LogP contribution >= 0.6 is 11.8 Å². The van der Waals surface area contributed by atoms with E-state index in [0.29, 0.717) is 23.4 Å². The Hall–Kier alpha value is -2.35. The molecule has 2 amide bonds. The van der Waals surface area contributed by atoms with Gasteiger partial charge in [0.15, 0.2) is 6.61 Å². The highest BCUT2D eigenvalue weighted by Gasteiger charge is 2.31. The monoisotopic (exact) mass is 378 g/mol. The Bertz CT molecular complexity index is 707. The lowest BCUT2D eigenvalue weighted by atomic mass is 10.0. The maximum Gasteiger partial charge on any atom is 0.339 e. The van der Waals surface area contributed by atoms with Crippen molar-refractivity contribution >= 4 is 35.3 Å². The van der Waals surface area contributed by atoms with Gasteiger partial charge in [0, 0.05) is 11.4 Å². The van der Waals surface area contributed by atoms with Crippen LogP contribution in [-0.4, -0.2) is 53.4 Å². The van der Waals surface area contributed by atoms with Crippen molar-refractivity contribution in [2.24, 2.45) is 5.73 Å². The molecule has 0 radical (unpaired) electrons. The van der Waals surface area contributed by atoms with Gasteiger partial charge in [-0.1, -0.05) is 12.1 Å². The molecule has 1 atom stereocenters. The zero-order chi connectivity index (χ0) is 19.1. The Labute approximate surface area is 156 Å². The van der Waals surface area contributed by atoms with Crippen LogP contribution in [0.5, 0.6) is 0 Å². The molecule has 7 nitrogen and oxygen atoms in total. The lowest BCUT2D eigenvalue weighted by molar-refractivity contribution is -0.143. The summed E-state index contributed by atoms with van der Waals surface area (Å²) in [5, 5.41) is 0.